The van der Waals surface area contributed by atoms with Gasteiger partial charge in [0.1, 0.15) is 17.3 Å². The van der Waals surface area contributed by atoms with Crippen molar-refractivity contribution in [3.63, 3.8) is 0 Å². The van der Waals surface area contributed by atoms with E-state index in [1.807, 2.05) is 77.1 Å². The average molecular weight is 1120 g/mol. The number of aromatic amines is 6. The Balaban J connectivity index is 0.000000861. The summed E-state index contributed by atoms with van der Waals surface area (Å²) >= 11 is 4.82. The Morgan fingerprint density at radius 1 is 0.671 bits per heavy atom. The Labute approximate surface area is 465 Å². The Morgan fingerprint density at radius 2 is 1.34 bits per heavy atom. The zero-order valence-electron chi connectivity index (χ0n) is 49.3. The van der Waals surface area contributed by atoms with Gasteiger partial charge in [-0.1, -0.05) is 100 Å². The zero-order chi connectivity index (χ0) is 60.0. The minimum Gasteiger partial charge on any atom is -0.273 e. The van der Waals surface area contributed by atoms with E-state index in [0.717, 1.165) is 40.1 Å². The summed E-state index contributed by atoms with van der Waals surface area (Å²) in [6, 6.07) is 1.58. The molecular weight excluding hydrogens is 1040 g/mol. The lowest BCUT2D eigenvalue weighted by Crippen LogP contribution is -2.37. The molecule has 0 aliphatic carbocycles. The number of nitrogens with one attached hydrogen (secondary N) is 7. The van der Waals surface area contributed by atoms with Gasteiger partial charge in [-0.25, -0.2) is 19.8 Å². The maximum Gasteiger partial charge on any atom is 0.373 e. The van der Waals surface area contributed by atoms with E-state index in [2.05, 4.69) is 212 Å². The Morgan fingerprint density at radius 3 is 1.57 bits per heavy atom. The average Bonchev–Trinajstić information content (AvgIpc) is 4.21. The molecule has 1 amide bonds. The molecule has 0 spiro atoms. The third-order valence-corrected chi connectivity index (χ3v) is 9.89. The van der Waals surface area contributed by atoms with E-state index in [1.54, 1.807) is 28.1 Å². The molecule has 7 N–H and O–H groups in total. The number of H-pyrrole nitrogens is 6. The van der Waals surface area contributed by atoms with Gasteiger partial charge in [0, 0.05) is 42.4 Å². The fourth-order valence-electron chi connectivity index (χ4n) is 5.03. The molecule has 0 radical (unpaired) electrons. The quantitative estimate of drug-likeness (QED) is 0.0646. The van der Waals surface area contributed by atoms with Gasteiger partial charge >= 0.3 is 6.15 Å². The van der Waals surface area contributed by atoms with Crippen LogP contribution in [0.2, 0.25) is 0 Å². The molecule has 79 heavy (non-hydrogen) atoms. The Kier molecular flexibility index (Phi) is 35.7. The number of rotatable bonds is 9. The second-order valence-corrected chi connectivity index (χ2v) is 19.8. The highest BCUT2D eigenvalue weighted by Crippen LogP contribution is 2.12. The van der Waals surface area contributed by atoms with Crippen molar-refractivity contribution in [1.29, 1.82) is 0 Å². The van der Waals surface area contributed by atoms with Crippen LogP contribution >= 0.6 is 12.2 Å². The number of aryl methyl sites for hydroxylation is 2. The Hall–Kier alpha value is -8.35. The van der Waals surface area contributed by atoms with E-state index in [4.69, 9.17) is 21.8 Å². The van der Waals surface area contributed by atoms with Crippen LogP contribution < -0.4 is 10.1 Å². The first-order valence-electron chi connectivity index (χ1n) is 25.4. The van der Waals surface area contributed by atoms with E-state index < -0.39 is 0 Å². The molecule has 32 nitrogen and oxygen atoms in total. The second-order valence-electron chi connectivity index (χ2n) is 19.4. The number of tetrazole rings is 3. The lowest BCUT2D eigenvalue weighted by atomic mass is 10.1. The topological polar surface area (TPSA) is 408 Å². The fourth-order valence-corrected chi connectivity index (χ4v) is 5.32. The van der Waals surface area contributed by atoms with Gasteiger partial charge in [-0.05, 0) is 99.2 Å². The van der Waals surface area contributed by atoms with Crippen molar-refractivity contribution in [2.24, 2.45) is 11.0 Å². The maximum absolute atomic E-state index is 10.5. The fraction of sp³-hybridized carbons (Fsp3) is 0.652. The lowest BCUT2D eigenvalue weighted by Gasteiger charge is -2.01. The van der Waals surface area contributed by atoms with E-state index in [0.29, 0.717) is 64.9 Å². The summed E-state index contributed by atoms with van der Waals surface area (Å²) in [5.74, 6) is 3.90. The third kappa shape index (κ3) is 31.5. The van der Waals surface area contributed by atoms with Gasteiger partial charge in [0.15, 0.2) is 11.0 Å². The number of hydrazone groups is 1. The van der Waals surface area contributed by atoms with Gasteiger partial charge in [0.05, 0.1) is 53.3 Å². The number of amides is 1. The van der Waals surface area contributed by atoms with Crippen LogP contribution in [0.5, 0.6) is 0 Å². The summed E-state index contributed by atoms with van der Waals surface area (Å²) in [5, 5.41) is 79.0. The highest BCUT2D eigenvalue weighted by molar-refractivity contribution is 7.71. The van der Waals surface area contributed by atoms with Crippen LogP contribution in [0.25, 0.3) is 0 Å². The number of carbonyl (C=O) groups excluding carboxylic acids is 3. The van der Waals surface area contributed by atoms with Gasteiger partial charge < -0.3 is 0 Å². The van der Waals surface area contributed by atoms with Crippen molar-refractivity contribution in [3.8, 4) is 0 Å². The largest absolute Gasteiger partial charge is 0.373 e. The standard InChI is InChI=1S/2C6H11N3.C6H10N2O.3C5H9N3.C4H8N4S.2C4H8N4.CO2/c1-5(2)9-4-6(3)7-8-9;1-4(2)6-5(3)7-9-8-6;1-4(2)5-3-6(9)8-7-5;1-5(2)8-4-3-6-7-8;1-4(2)5-6-3-7-8-5;1-4(2)5-3-6-8-7-5;1-3(2)8-4(9)5-6-7-8;1-4(2)8-3-5-6-7-8;1-3(2)4-5-7-8-6-4;2-1-3/h4-5H,1-3H3;4H,1-3H3,(H,7,8,9);4H,3H2,1-2H3,(H,8,9);3-5H,1-2H3;2*3-4H,1-2H3,(H,6,7,8);3H,1-2H3,(H,5,7,9);3-4H,1-2H3;3H,1-2H3,(H,5,6,7,8);/p+1. The highest BCUT2D eigenvalue weighted by Gasteiger charge is 2.16. The van der Waals surface area contributed by atoms with Crippen LogP contribution in [-0.4, -0.2) is 150 Å². The summed E-state index contributed by atoms with van der Waals surface area (Å²) in [6.07, 6.45) is 11.1. The molecule has 9 heterocycles. The van der Waals surface area contributed by atoms with Gasteiger partial charge in [-0.3, -0.25) is 14.6 Å². The SMILES string of the molecule is CC(C)C1=NNC(=O)C1.CC(C)[n+]1cnn[nH]1.CC(C)c1cn[nH]n1.CC(C)c1ncn[nH]1.CC(C)c1nn[nH]n1.CC(C)n1[nH]nnc1=S.CC(C)n1ccnn1.Cc1cn(C(C)C)nn1.Cc1n[nH]nc1C(C)C.O=C=O. The molecule has 8 aromatic heterocycles. The van der Waals surface area contributed by atoms with Crippen LogP contribution in [0.1, 0.15) is 213 Å². The van der Waals surface area contributed by atoms with Crippen molar-refractivity contribution < 1.29 is 19.1 Å². The summed E-state index contributed by atoms with van der Waals surface area (Å²) in [5.41, 5.74) is 7.42. The number of hydrogen-bond acceptors (Lipinski definition) is 22. The first-order chi connectivity index (χ1) is 37.3. The molecule has 8 aromatic rings. The second kappa shape index (κ2) is 39.9. The molecule has 9 rings (SSSR count). The van der Waals surface area contributed by atoms with E-state index in [1.165, 1.54) is 6.33 Å². The molecule has 0 bridgehead atoms. The van der Waals surface area contributed by atoms with Crippen molar-refractivity contribution in [2.45, 2.75) is 193 Å². The molecule has 33 heteroatoms. The monoisotopic (exact) mass is 1120 g/mol. The highest BCUT2D eigenvalue weighted by atomic mass is 32.1. The van der Waals surface area contributed by atoms with E-state index >= 15 is 0 Å². The molecule has 1 aliphatic heterocycles. The molecule has 436 valence electrons. The van der Waals surface area contributed by atoms with Gasteiger partial charge in [-0.2, -0.15) is 65.7 Å². The van der Waals surface area contributed by atoms with Crippen molar-refractivity contribution in [2.75, 3.05) is 0 Å². The molecule has 0 atom stereocenters. The zero-order valence-corrected chi connectivity index (χ0v) is 50.2. The van der Waals surface area contributed by atoms with Crippen LogP contribution in [-0.2, 0) is 14.4 Å². The van der Waals surface area contributed by atoms with Crippen molar-refractivity contribution in [3.05, 3.63) is 76.6 Å². The molecule has 0 saturated heterocycles. The minimum absolute atomic E-state index is 0.0127. The first-order valence-corrected chi connectivity index (χ1v) is 25.8. The molecule has 0 saturated carbocycles. The normalized spacial score (nSPS) is 11.1. The summed E-state index contributed by atoms with van der Waals surface area (Å²) in [4.78, 5) is 30.7. The molecule has 1 aliphatic rings. The van der Waals surface area contributed by atoms with Gasteiger partial charge in [0.2, 0.25) is 10.7 Å². The van der Waals surface area contributed by atoms with Crippen LogP contribution in [0.3, 0.4) is 0 Å². The molecule has 0 aromatic carbocycles. The van der Waals surface area contributed by atoms with Crippen molar-refractivity contribution >= 4 is 30.0 Å². The first kappa shape index (κ1) is 70.6. The summed E-state index contributed by atoms with van der Waals surface area (Å²) in [7, 11) is 0. The maximum atomic E-state index is 10.5. The number of carbonyl (C=O) groups is 1. The molecular formula is C46H84N29O3S+. The van der Waals surface area contributed by atoms with Crippen molar-refractivity contribution in [1.82, 2.24) is 138 Å². The van der Waals surface area contributed by atoms with E-state index in [9.17, 15) is 4.79 Å². The summed E-state index contributed by atoms with van der Waals surface area (Å²) < 4.78 is 7.69. The molecule has 0 unspecified atom stereocenters. The molecule has 0 fully saturated rings. The van der Waals surface area contributed by atoms with Crippen LogP contribution in [0.4, 0.5) is 0 Å². The number of nitrogens with zero attached hydrogens (tertiary/aromatic N) is 22. The predicted octanol–water partition coefficient (Wildman–Crippen LogP) is 5.97. The number of aromatic nitrogens is 27. The summed E-state index contributed by atoms with van der Waals surface area (Å²) in [6.45, 7) is 40.9. The van der Waals surface area contributed by atoms with Gasteiger partial charge in [-0.15, -0.1) is 20.4 Å². The smallest absolute Gasteiger partial charge is 0.273 e. The van der Waals surface area contributed by atoms with Crippen LogP contribution in [0.15, 0.2) is 42.5 Å². The lowest BCUT2D eigenvalue weighted by molar-refractivity contribution is -0.772. The number of hydrogen-bond donors (Lipinski definition) is 7. The third-order valence-electron chi connectivity index (χ3n) is 9.61. The van der Waals surface area contributed by atoms with Gasteiger partial charge in [0.25, 0.3) is 6.33 Å². The predicted molar refractivity (Wildman–Crippen MR) is 293 cm³/mol. The minimum atomic E-state index is 0.0127. The Bertz CT molecular complexity index is 2550. The van der Waals surface area contributed by atoms with E-state index in [-0.39, 0.29) is 12.1 Å². The van der Waals surface area contributed by atoms with Crippen LogP contribution in [0, 0.1) is 24.5 Å².